The van der Waals surface area contributed by atoms with Crippen LogP contribution in [0.4, 0.5) is 0 Å². The second-order valence-corrected chi connectivity index (χ2v) is 4.67. The number of benzene rings is 1. The van der Waals surface area contributed by atoms with Crippen LogP contribution in [-0.4, -0.2) is 39.3 Å². The number of hydrogen-bond acceptors (Lipinski definition) is 5. The lowest BCUT2D eigenvalue weighted by atomic mass is 10.1. The minimum atomic E-state index is -1.02. The molecule has 0 saturated carbocycles. The van der Waals surface area contributed by atoms with Gasteiger partial charge in [0.15, 0.2) is 6.04 Å². The molecule has 0 unspecified atom stereocenters. The molecule has 22 heavy (non-hydrogen) atoms. The van der Waals surface area contributed by atoms with Gasteiger partial charge in [0, 0.05) is 18.7 Å². The van der Waals surface area contributed by atoms with Gasteiger partial charge >= 0.3 is 5.97 Å². The molecule has 0 aliphatic carbocycles. The largest absolute Gasteiger partial charge is 0.481 e. The molecule has 7 nitrogen and oxygen atoms in total. The highest BCUT2D eigenvalue weighted by Crippen LogP contribution is 2.17. The number of aliphatic carboxylic acids is 2. The van der Waals surface area contributed by atoms with Crippen molar-refractivity contribution < 1.29 is 24.6 Å². The molecule has 0 saturated heterocycles. The van der Waals surface area contributed by atoms with Crippen molar-refractivity contribution in [3.05, 3.63) is 30.3 Å². The maximum absolute atomic E-state index is 11.1. The maximum Gasteiger partial charge on any atom is 0.325 e. The van der Waals surface area contributed by atoms with E-state index < -0.39 is 18.0 Å². The lowest BCUT2D eigenvalue weighted by molar-refractivity contribution is -0.149. The topological polar surface area (TPSA) is 113 Å². The normalized spacial score (nSPS) is 11.3. The highest BCUT2D eigenvalue weighted by atomic mass is 35.5. The van der Waals surface area contributed by atoms with Gasteiger partial charge in [-0.1, -0.05) is 18.2 Å². The molecule has 8 heteroatoms. The number of nitrogens with two attached hydrogens (primary N) is 1. The third-order valence-electron chi connectivity index (χ3n) is 2.40. The Morgan fingerprint density at radius 1 is 1.27 bits per heavy atom. The average molecular weight is 333 g/mol. The molecule has 1 aromatic rings. The van der Waals surface area contributed by atoms with Crippen LogP contribution in [0.1, 0.15) is 26.2 Å². The number of carboxylic acids is 2. The van der Waals surface area contributed by atoms with Gasteiger partial charge in [-0.2, -0.15) is 0 Å². The van der Waals surface area contributed by atoms with Crippen molar-refractivity contribution in [1.82, 2.24) is 4.58 Å². The third-order valence-corrected chi connectivity index (χ3v) is 2.70. The van der Waals surface area contributed by atoms with Crippen LogP contribution in [0.3, 0.4) is 0 Å². The number of carbonyl (C=O) groups is 2. The number of hydroxylamine groups is 1. The van der Waals surface area contributed by atoms with Crippen molar-refractivity contribution in [2.24, 2.45) is 5.73 Å². The molecule has 0 spiro atoms. The molecule has 4 N–H and O–H groups in total. The van der Waals surface area contributed by atoms with E-state index in [4.69, 9.17) is 37.4 Å². The molecule has 0 bridgehead atoms. The van der Waals surface area contributed by atoms with E-state index in [0.29, 0.717) is 25.1 Å². The maximum atomic E-state index is 11.1. The van der Waals surface area contributed by atoms with E-state index in [9.17, 15) is 4.79 Å². The summed E-state index contributed by atoms with van der Waals surface area (Å²) in [6.45, 7) is 1.62. The average Bonchev–Trinajstić information content (AvgIpc) is 2.43. The summed E-state index contributed by atoms with van der Waals surface area (Å²) in [7, 11) is 0. The molecule has 0 heterocycles. The molecular weight excluding hydrogens is 312 g/mol. The summed E-state index contributed by atoms with van der Waals surface area (Å²) in [5, 5.41) is 16.5. The molecule has 124 valence electrons. The number of hydrogen-bond donors (Lipinski definition) is 3. The summed E-state index contributed by atoms with van der Waals surface area (Å²) in [5.74, 6) is -1.35. The predicted molar refractivity (Wildman–Crippen MR) is 82.4 cm³/mol. The van der Waals surface area contributed by atoms with Crippen LogP contribution in [0.2, 0.25) is 0 Å². The van der Waals surface area contributed by atoms with Crippen molar-refractivity contribution >= 4 is 23.7 Å². The van der Waals surface area contributed by atoms with Crippen molar-refractivity contribution in [2.45, 2.75) is 32.2 Å². The zero-order valence-electron chi connectivity index (χ0n) is 12.3. The Morgan fingerprint density at radius 3 is 2.27 bits per heavy atom. The number of halogens is 1. The van der Waals surface area contributed by atoms with Crippen LogP contribution in [0.5, 0.6) is 5.75 Å². The second-order valence-electron chi connectivity index (χ2n) is 4.33. The fraction of sp³-hybridized carbons (Fsp3) is 0.429. The Bertz CT molecular complexity index is 440. The van der Waals surface area contributed by atoms with Gasteiger partial charge < -0.3 is 20.8 Å². The van der Waals surface area contributed by atoms with Gasteiger partial charge in [0.1, 0.15) is 5.75 Å². The van der Waals surface area contributed by atoms with E-state index in [1.165, 1.54) is 0 Å². The second kappa shape index (κ2) is 11.8. The summed E-state index contributed by atoms with van der Waals surface area (Å²) in [6, 6.07) is 7.91. The standard InChI is InChI=1S/C12H17ClN2O3.C2H4O2/c13-15(18-10-6-2-1-3-7-10)11(12(16)17)8-4-5-9-14;1-2(3)4/h1-3,6-7,11H,4-5,8-9,14H2,(H,16,17);1H3,(H,3,4)/t11-;/m0./s1. The Balaban J connectivity index is 0.000000980. The monoisotopic (exact) mass is 332 g/mol. The van der Waals surface area contributed by atoms with Gasteiger partial charge in [0.05, 0.1) is 0 Å². The van der Waals surface area contributed by atoms with Crippen LogP contribution >= 0.6 is 11.8 Å². The van der Waals surface area contributed by atoms with Gasteiger partial charge in [0.2, 0.25) is 0 Å². The lowest BCUT2D eigenvalue weighted by Crippen LogP contribution is -2.37. The van der Waals surface area contributed by atoms with Crippen LogP contribution in [-0.2, 0) is 9.59 Å². The number of carboxylic acid groups (broad SMARTS) is 2. The van der Waals surface area contributed by atoms with Crippen LogP contribution < -0.4 is 10.6 Å². The van der Waals surface area contributed by atoms with E-state index in [-0.39, 0.29) is 0 Å². The number of para-hydroxylation sites is 1. The van der Waals surface area contributed by atoms with Gasteiger partial charge in [0.25, 0.3) is 5.97 Å². The molecule has 1 aromatic carbocycles. The van der Waals surface area contributed by atoms with Crippen molar-refractivity contribution in [2.75, 3.05) is 6.54 Å². The fourth-order valence-corrected chi connectivity index (χ4v) is 1.70. The summed E-state index contributed by atoms with van der Waals surface area (Å²) in [5.41, 5.74) is 5.37. The molecule has 0 aliphatic rings. The van der Waals surface area contributed by atoms with Crippen LogP contribution in [0.15, 0.2) is 30.3 Å². The summed E-state index contributed by atoms with van der Waals surface area (Å²) in [4.78, 5) is 25.3. The van der Waals surface area contributed by atoms with E-state index in [0.717, 1.165) is 17.9 Å². The zero-order valence-corrected chi connectivity index (χ0v) is 13.1. The molecule has 0 aromatic heterocycles. The van der Waals surface area contributed by atoms with Gasteiger partial charge in [-0.15, -0.1) is 0 Å². The molecule has 0 amide bonds. The molecule has 0 radical (unpaired) electrons. The van der Waals surface area contributed by atoms with Crippen molar-refractivity contribution in [1.29, 1.82) is 0 Å². The predicted octanol–water partition coefficient (Wildman–Crippen LogP) is 2.11. The molecular formula is C14H21ClN2O5. The molecule has 1 atom stereocenters. The number of nitrogens with zero attached hydrogens (tertiary/aromatic N) is 1. The summed E-state index contributed by atoms with van der Waals surface area (Å²) < 4.78 is 0.855. The number of unbranched alkanes of at least 4 members (excludes halogenated alkanes) is 1. The van der Waals surface area contributed by atoms with Crippen LogP contribution in [0.25, 0.3) is 0 Å². The van der Waals surface area contributed by atoms with Gasteiger partial charge in [-0.05, 0) is 42.5 Å². The lowest BCUT2D eigenvalue weighted by Gasteiger charge is -2.21. The Morgan fingerprint density at radius 2 is 1.82 bits per heavy atom. The van der Waals surface area contributed by atoms with Gasteiger partial charge in [-0.3, -0.25) is 9.59 Å². The summed E-state index contributed by atoms with van der Waals surface area (Å²) in [6.07, 6.45) is 1.84. The third kappa shape index (κ3) is 9.98. The van der Waals surface area contributed by atoms with E-state index in [1.54, 1.807) is 24.3 Å². The minimum absolute atomic E-state index is 0.392. The van der Waals surface area contributed by atoms with Crippen molar-refractivity contribution in [3.8, 4) is 5.75 Å². The summed E-state index contributed by atoms with van der Waals surface area (Å²) >= 11 is 5.85. The fourth-order valence-electron chi connectivity index (χ4n) is 1.44. The smallest absolute Gasteiger partial charge is 0.325 e. The SMILES string of the molecule is CC(=O)O.NCCCC[C@@H](C(=O)O)N(Cl)Oc1ccccc1. The first-order valence-electron chi connectivity index (χ1n) is 6.69. The first-order chi connectivity index (χ1) is 10.4. The van der Waals surface area contributed by atoms with Gasteiger partial charge in [-0.25, -0.2) is 0 Å². The molecule has 0 aliphatic heterocycles. The Hall–Kier alpha value is -1.83. The molecule has 0 fully saturated rings. The Labute approximate surface area is 134 Å². The highest BCUT2D eigenvalue weighted by molar-refractivity contribution is 6.14. The first kappa shape index (κ1) is 20.2. The molecule has 1 rings (SSSR count). The van der Waals surface area contributed by atoms with E-state index in [1.807, 2.05) is 6.07 Å². The number of rotatable bonds is 8. The van der Waals surface area contributed by atoms with Crippen LogP contribution in [0, 0.1) is 0 Å². The quantitative estimate of drug-likeness (QED) is 0.379. The minimum Gasteiger partial charge on any atom is -0.481 e. The van der Waals surface area contributed by atoms with Crippen molar-refractivity contribution in [3.63, 3.8) is 0 Å². The first-order valence-corrected chi connectivity index (χ1v) is 7.02. The zero-order chi connectivity index (χ0) is 17.0. The van der Waals surface area contributed by atoms with E-state index >= 15 is 0 Å². The highest BCUT2D eigenvalue weighted by Gasteiger charge is 2.26. The van der Waals surface area contributed by atoms with E-state index in [2.05, 4.69) is 0 Å². The Kier molecular flexibility index (Phi) is 10.8.